The molecule has 0 bridgehead atoms. The maximum atomic E-state index is 11.9. The highest BCUT2D eigenvalue weighted by Crippen LogP contribution is 2.26. The number of hydrogen-bond donors (Lipinski definition) is 2. The molecule has 1 amide bonds. The standard InChI is InChI=1S/C19H23N5O3/c1-26-17-15-7-8-20-9-16(15)22-18(23-17)24-10-14(11-24)21-19(25)27-12-13-5-3-2-4-6-13/h2-6,14,20H,7-12H2,1H3,(H,21,25). The number of benzene rings is 1. The fraction of sp³-hybridized carbons (Fsp3) is 0.421. The molecule has 4 rings (SSSR count). The summed E-state index contributed by atoms with van der Waals surface area (Å²) in [5.74, 6) is 1.29. The quantitative estimate of drug-likeness (QED) is 0.820. The summed E-state index contributed by atoms with van der Waals surface area (Å²) in [7, 11) is 1.64. The van der Waals surface area contributed by atoms with Crippen LogP contribution in [0.4, 0.5) is 10.7 Å². The number of fused-ring (bicyclic) bond motifs is 1. The number of alkyl carbamates (subject to hydrolysis) is 1. The molecule has 0 radical (unpaired) electrons. The summed E-state index contributed by atoms with van der Waals surface area (Å²) in [6, 6.07) is 9.64. The van der Waals surface area contributed by atoms with Crippen LogP contribution in [0.1, 0.15) is 16.8 Å². The number of carbonyl (C=O) groups excluding carboxylic acids is 1. The molecule has 1 aromatic carbocycles. The van der Waals surface area contributed by atoms with E-state index in [2.05, 4.69) is 20.6 Å². The number of nitrogens with zero attached hydrogens (tertiary/aromatic N) is 3. The summed E-state index contributed by atoms with van der Waals surface area (Å²) >= 11 is 0. The zero-order chi connectivity index (χ0) is 18.6. The Morgan fingerprint density at radius 2 is 2.11 bits per heavy atom. The number of aromatic nitrogens is 2. The second-order valence-electron chi connectivity index (χ2n) is 6.69. The van der Waals surface area contributed by atoms with Crippen LogP contribution in [0, 0.1) is 0 Å². The lowest BCUT2D eigenvalue weighted by Gasteiger charge is -2.39. The Hall–Kier alpha value is -2.87. The molecule has 3 heterocycles. The van der Waals surface area contributed by atoms with Gasteiger partial charge in [0.1, 0.15) is 6.61 Å². The maximum absolute atomic E-state index is 11.9. The van der Waals surface area contributed by atoms with Crippen molar-refractivity contribution < 1.29 is 14.3 Å². The Morgan fingerprint density at radius 1 is 1.30 bits per heavy atom. The summed E-state index contributed by atoms with van der Waals surface area (Å²) in [5.41, 5.74) is 3.03. The van der Waals surface area contributed by atoms with Crippen molar-refractivity contribution in [3.63, 3.8) is 0 Å². The predicted molar refractivity (Wildman–Crippen MR) is 99.8 cm³/mol. The lowest BCUT2D eigenvalue weighted by Crippen LogP contribution is -2.60. The Kier molecular flexibility index (Phi) is 5.06. The molecule has 0 spiro atoms. The molecule has 0 atom stereocenters. The van der Waals surface area contributed by atoms with E-state index in [1.165, 1.54) is 0 Å². The third kappa shape index (κ3) is 3.95. The van der Waals surface area contributed by atoms with Gasteiger partial charge in [0.25, 0.3) is 0 Å². The smallest absolute Gasteiger partial charge is 0.407 e. The molecule has 1 saturated heterocycles. The van der Waals surface area contributed by atoms with Gasteiger partial charge in [0.15, 0.2) is 0 Å². The van der Waals surface area contributed by atoms with Gasteiger partial charge in [-0.2, -0.15) is 4.98 Å². The molecule has 2 aliphatic heterocycles. The van der Waals surface area contributed by atoms with Crippen LogP contribution in [-0.4, -0.2) is 48.8 Å². The molecule has 2 aromatic rings. The summed E-state index contributed by atoms with van der Waals surface area (Å²) in [6.07, 6.45) is 0.465. The molecule has 2 aliphatic rings. The molecule has 1 aromatic heterocycles. The Balaban J connectivity index is 1.30. The number of methoxy groups -OCH3 is 1. The molecule has 2 N–H and O–H groups in total. The number of ether oxygens (including phenoxy) is 2. The van der Waals surface area contributed by atoms with Gasteiger partial charge >= 0.3 is 6.09 Å². The van der Waals surface area contributed by atoms with Crippen molar-refractivity contribution in [2.75, 3.05) is 31.6 Å². The zero-order valence-electron chi connectivity index (χ0n) is 15.3. The normalized spacial score (nSPS) is 16.3. The average Bonchev–Trinajstić information content (AvgIpc) is 2.68. The molecule has 1 fully saturated rings. The second-order valence-corrected chi connectivity index (χ2v) is 6.69. The molecule has 27 heavy (non-hydrogen) atoms. The third-order valence-corrected chi connectivity index (χ3v) is 4.78. The highest BCUT2D eigenvalue weighted by atomic mass is 16.5. The summed E-state index contributed by atoms with van der Waals surface area (Å²) in [4.78, 5) is 23.2. The van der Waals surface area contributed by atoms with Gasteiger partial charge in [0.05, 0.1) is 18.8 Å². The molecule has 142 valence electrons. The van der Waals surface area contributed by atoms with Gasteiger partial charge in [-0.05, 0) is 18.5 Å². The van der Waals surface area contributed by atoms with Gasteiger partial charge in [-0.3, -0.25) is 0 Å². The average molecular weight is 369 g/mol. The van der Waals surface area contributed by atoms with Crippen molar-refractivity contribution in [3.8, 4) is 5.88 Å². The van der Waals surface area contributed by atoms with E-state index >= 15 is 0 Å². The topological polar surface area (TPSA) is 88.6 Å². The van der Waals surface area contributed by atoms with Crippen LogP contribution in [0.5, 0.6) is 5.88 Å². The van der Waals surface area contributed by atoms with Crippen LogP contribution in [0.15, 0.2) is 30.3 Å². The van der Waals surface area contributed by atoms with Gasteiger partial charge in [0, 0.05) is 25.2 Å². The van der Waals surface area contributed by atoms with Crippen molar-refractivity contribution in [2.45, 2.75) is 25.6 Å². The fourth-order valence-corrected chi connectivity index (χ4v) is 3.29. The Labute approximate surface area is 157 Å². The van der Waals surface area contributed by atoms with Gasteiger partial charge in [-0.1, -0.05) is 30.3 Å². The van der Waals surface area contributed by atoms with E-state index in [9.17, 15) is 4.79 Å². The van der Waals surface area contributed by atoms with Crippen LogP contribution in [0.2, 0.25) is 0 Å². The Morgan fingerprint density at radius 3 is 2.89 bits per heavy atom. The number of nitrogens with one attached hydrogen (secondary N) is 2. The first-order chi connectivity index (χ1) is 13.2. The van der Waals surface area contributed by atoms with Crippen LogP contribution >= 0.6 is 0 Å². The lowest BCUT2D eigenvalue weighted by atomic mass is 10.1. The fourth-order valence-electron chi connectivity index (χ4n) is 3.29. The SMILES string of the molecule is COc1nc(N2CC(NC(=O)OCc3ccccc3)C2)nc2c1CCNC2. The minimum atomic E-state index is -0.406. The molecule has 0 saturated carbocycles. The van der Waals surface area contributed by atoms with Crippen molar-refractivity contribution >= 4 is 12.0 Å². The van der Waals surface area contributed by atoms with Crippen LogP contribution in [0.3, 0.4) is 0 Å². The van der Waals surface area contributed by atoms with E-state index in [1.807, 2.05) is 35.2 Å². The van der Waals surface area contributed by atoms with E-state index in [0.717, 1.165) is 36.3 Å². The second kappa shape index (κ2) is 7.79. The van der Waals surface area contributed by atoms with Crippen molar-refractivity contribution in [1.29, 1.82) is 0 Å². The molecule has 8 nitrogen and oxygen atoms in total. The van der Waals surface area contributed by atoms with E-state index in [1.54, 1.807) is 7.11 Å². The minimum Gasteiger partial charge on any atom is -0.481 e. The first-order valence-corrected chi connectivity index (χ1v) is 9.09. The highest BCUT2D eigenvalue weighted by molar-refractivity contribution is 5.68. The highest BCUT2D eigenvalue weighted by Gasteiger charge is 2.32. The van der Waals surface area contributed by atoms with Gasteiger partial charge in [0.2, 0.25) is 11.8 Å². The number of carbonyl (C=O) groups is 1. The maximum Gasteiger partial charge on any atom is 0.407 e. The van der Waals surface area contributed by atoms with Crippen molar-refractivity contribution in [3.05, 3.63) is 47.2 Å². The summed E-state index contributed by atoms with van der Waals surface area (Å²) in [6.45, 7) is 3.20. The number of hydrogen-bond acceptors (Lipinski definition) is 7. The first-order valence-electron chi connectivity index (χ1n) is 9.09. The molecule has 0 aliphatic carbocycles. The van der Waals surface area contributed by atoms with Gasteiger partial charge in [-0.25, -0.2) is 9.78 Å². The van der Waals surface area contributed by atoms with Gasteiger partial charge in [-0.15, -0.1) is 0 Å². The number of rotatable bonds is 5. The minimum absolute atomic E-state index is 0.0250. The summed E-state index contributed by atoms with van der Waals surface area (Å²) < 4.78 is 10.7. The van der Waals surface area contributed by atoms with E-state index in [4.69, 9.17) is 9.47 Å². The number of anilines is 1. The first kappa shape index (κ1) is 17.5. The number of amides is 1. The van der Waals surface area contributed by atoms with Crippen LogP contribution in [0.25, 0.3) is 0 Å². The predicted octanol–water partition coefficient (Wildman–Crippen LogP) is 1.25. The Bertz CT molecular complexity index is 791. The van der Waals surface area contributed by atoms with Crippen LogP contribution < -0.4 is 20.3 Å². The summed E-state index contributed by atoms with van der Waals surface area (Å²) in [5, 5.41) is 6.19. The molecule has 0 unspecified atom stereocenters. The van der Waals surface area contributed by atoms with E-state index in [-0.39, 0.29) is 12.6 Å². The molecular formula is C19H23N5O3. The van der Waals surface area contributed by atoms with E-state index < -0.39 is 6.09 Å². The largest absolute Gasteiger partial charge is 0.481 e. The van der Waals surface area contributed by atoms with Crippen molar-refractivity contribution in [1.82, 2.24) is 20.6 Å². The monoisotopic (exact) mass is 369 g/mol. The molecule has 8 heteroatoms. The lowest BCUT2D eigenvalue weighted by molar-refractivity contribution is 0.133. The van der Waals surface area contributed by atoms with Gasteiger partial charge < -0.3 is 25.0 Å². The van der Waals surface area contributed by atoms with E-state index in [0.29, 0.717) is 24.9 Å². The zero-order valence-corrected chi connectivity index (χ0v) is 15.3. The molecular weight excluding hydrogens is 346 g/mol. The van der Waals surface area contributed by atoms with Crippen molar-refractivity contribution in [2.24, 2.45) is 0 Å². The third-order valence-electron chi connectivity index (χ3n) is 4.78. The van der Waals surface area contributed by atoms with Crippen LogP contribution in [-0.2, 0) is 24.3 Å².